The summed E-state index contributed by atoms with van der Waals surface area (Å²) in [6.07, 6.45) is 3.54. The van der Waals surface area contributed by atoms with E-state index in [2.05, 4.69) is 40.6 Å². The summed E-state index contributed by atoms with van der Waals surface area (Å²) < 4.78 is 0. The fraction of sp³-hybridized carbons (Fsp3) is 0.156. The second-order valence-electron chi connectivity index (χ2n) is 8.56. The molecule has 5 rings (SSSR count). The molecule has 40 heavy (non-hydrogen) atoms. The average molecular weight is 721 g/mol. The van der Waals surface area contributed by atoms with E-state index < -0.39 is 12.1 Å². The fourth-order valence-electron chi connectivity index (χ4n) is 3.85. The number of hydrogen-bond donors (Lipinski definition) is 4. The van der Waals surface area contributed by atoms with Crippen molar-refractivity contribution in [1.29, 1.82) is 0 Å². The van der Waals surface area contributed by atoms with Crippen LogP contribution in [0.5, 0.6) is 0 Å². The number of benzene rings is 4. The largest absolute Gasteiger partial charge is 0.481 e. The maximum absolute atomic E-state index is 10.2. The summed E-state index contributed by atoms with van der Waals surface area (Å²) >= 11 is 0. The Labute approximate surface area is 249 Å². The second kappa shape index (κ2) is 19.1. The molecule has 0 atom stereocenters. The Bertz CT molecular complexity index is 1320. The molecular weight excluding hydrogens is 685 g/mol. The first kappa shape index (κ1) is 34.0. The third-order valence-electron chi connectivity index (χ3n) is 5.73. The Hall–Kier alpha value is -4.06. The van der Waals surface area contributed by atoms with Gasteiger partial charge in [-0.1, -0.05) is 103 Å². The first-order chi connectivity index (χ1) is 18.5. The molecule has 1 heterocycles. The van der Waals surface area contributed by atoms with Crippen molar-refractivity contribution in [3.8, 4) is 0 Å². The smallest absolute Gasteiger partial charge is 0.404 e. The van der Waals surface area contributed by atoms with Gasteiger partial charge >= 0.3 is 12.1 Å². The van der Waals surface area contributed by atoms with Crippen molar-refractivity contribution in [2.45, 2.75) is 25.7 Å². The summed E-state index contributed by atoms with van der Waals surface area (Å²) in [4.78, 5) is 24.7. The number of amides is 1. The van der Waals surface area contributed by atoms with Gasteiger partial charge in [-0.2, -0.15) is 0 Å². The second-order valence-corrected chi connectivity index (χ2v) is 8.56. The van der Waals surface area contributed by atoms with Gasteiger partial charge in [-0.3, -0.25) is 9.78 Å². The molecule has 0 spiro atoms. The van der Waals surface area contributed by atoms with Crippen LogP contribution in [0.2, 0.25) is 0 Å². The predicted molar refractivity (Wildman–Crippen MR) is 157 cm³/mol. The van der Waals surface area contributed by atoms with Crippen molar-refractivity contribution in [2.75, 3.05) is 6.54 Å². The molecule has 6 N–H and O–H groups in total. The van der Waals surface area contributed by atoms with Crippen LogP contribution in [0, 0.1) is 0 Å². The SMILES string of the molecule is N.O=C(O)CCCc1ccccc1.O=C(O)NCCc1ccccc1.[Pt].c1ccc2c(c1)cnc1ccccc12. The zero-order valence-electron chi connectivity index (χ0n) is 22.2. The Balaban J connectivity index is 0.000000295. The van der Waals surface area contributed by atoms with E-state index in [4.69, 9.17) is 10.2 Å². The molecule has 4 aromatic carbocycles. The van der Waals surface area contributed by atoms with Gasteiger partial charge < -0.3 is 21.7 Å². The van der Waals surface area contributed by atoms with Gasteiger partial charge in [-0.15, -0.1) is 0 Å². The molecule has 212 valence electrons. The van der Waals surface area contributed by atoms with Crippen LogP contribution in [0.3, 0.4) is 0 Å². The van der Waals surface area contributed by atoms with E-state index in [0.29, 0.717) is 6.54 Å². The number of nitrogens with one attached hydrogen (secondary N) is 1. The number of nitrogens with zero attached hydrogens (tertiary/aromatic N) is 1. The minimum Gasteiger partial charge on any atom is -0.481 e. The number of fused-ring (bicyclic) bond motifs is 3. The molecular formula is C32H35N3O4Pt. The number of para-hydroxylation sites is 1. The predicted octanol–water partition coefficient (Wildman–Crippen LogP) is 7.14. The van der Waals surface area contributed by atoms with Crippen molar-refractivity contribution in [3.63, 3.8) is 0 Å². The van der Waals surface area contributed by atoms with Crippen LogP contribution in [-0.2, 0) is 38.7 Å². The van der Waals surface area contributed by atoms with Crippen LogP contribution >= 0.6 is 0 Å². The molecule has 0 aliphatic rings. The molecule has 5 aromatic rings. The Morgan fingerprint density at radius 2 is 1.20 bits per heavy atom. The van der Waals surface area contributed by atoms with Crippen molar-refractivity contribution < 1.29 is 40.9 Å². The normalized spacial score (nSPS) is 9.50. The number of carboxylic acid groups (broad SMARTS) is 2. The first-order valence-corrected chi connectivity index (χ1v) is 12.5. The zero-order chi connectivity index (χ0) is 27.0. The molecule has 7 nitrogen and oxygen atoms in total. The van der Waals surface area contributed by atoms with Crippen LogP contribution in [0.15, 0.2) is 115 Å². The molecule has 0 radical (unpaired) electrons. The van der Waals surface area contributed by atoms with Gasteiger partial charge in [0, 0.05) is 51.0 Å². The van der Waals surface area contributed by atoms with E-state index in [-0.39, 0.29) is 33.6 Å². The summed E-state index contributed by atoms with van der Waals surface area (Å²) in [5.41, 5.74) is 3.41. The van der Waals surface area contributed by atoms with Crippen molar-refractivity contribution in [3.05, 3.63) is 127 Å². The van der Waals surface area contributed by atoms with Crippen molar-refractivity contribution >= 4 is 33.7 Å². The number of hydrogen-bond acceptors (Lipinski definition) is 4. The molecule has 0 saturated carbocycles. The van der Waals surface area contributed by atoms with Crippen LogP contribution in [0.25, 0.3) is 21.7 Å². The number of aliphatic carboxylic acids is 1. The number of aryl methyl sites for hydroxylation is 1. The minimum absolute atomic E-state index is 0. The summed E-state index contributed by atoms with van der Waals surface area (Å²) in [5.74, 6) is -0.717. The number of pyridine rings is 1. The average Bonchev–Trinajstić information content (AvgIpc) is 2.94. The van der Waals surface area contributed by atoms with Crippen molar-refractivity contribution in [2.24, 2.45) is 0 Å². The maximum atomic E-state index is 10.2. The molecule has 1 amide bonds. The molecule has 0 aliphatic heterocycles. The maximum Gasteiger partial charge on any atom is 0.404 e. The van der Waals surface area contributed by atoms with E-state index in [0.717, 1.165) is 30.3 Å². The summed E-state index contributed by atoms with van der Waals surface area (Å²) in [6, 6.07) is 36.3. The van der Waals surface area contributed by atoms with E-state index in [1.165, 1.54) is 21.7 Å². The van der Waals surface area contributed by atoms with Gasteiger partial charge in [0.15, 0.2) is 0 Å². The summed E-state index contributed by atoms with van der Waals surface area (Å²) in [5, 5.41) is 22.7. The van der Waals surface area contributed by atoms with E-state index in [1.54, 1.807) is 0 Å². The summed E-state index contributed by atoms with van der Waals surface area (Å²) in [6.45, 7) is 0.472. The van der Waals surface area contributed by atoms with Crippen LogP contribution in [0.4, 0.5) is 4.79 Å². The Morgan fingerprint density at radius 1 is 0.675 bits per heavy atom. The molecule has 0 aliphatic carbocycles. The van der Waals surface area contributed by atoms with Gasteiger partial charge in [0.2, 0.25) is 0 Å². The third-order valence-corrected chi connectivity index (χ3v) is 5.73. The number of rotatable bonds is 7. The van der Waals surface area contributed by atoms with E-state index >= 15 is 0 Å². The Morgan fingerprint density at radius 3 is 1.80 bits per heavy atom. The number of carbonyl (C=O) groups is 2. The van der Waals surface area contributed by atoms with Gasteiger partial charge in [0.25, 0.3) is 0 Å². The molecule has 8 heteroatoms. The van der Waals surface area contributed by atoms with Gasteiger partial charge in [0.05, 0.1) is 5.52 Å². The van der Waals surface area contributed by atoms with Crippen LogP contribution < -0.4 is 11.5 Å². The van der Waals surface area contributed by atoms with Gasteiger partial charge in [-0.05, 0) is 41.8 Å². The van der Waals surface area contributed by atoms with E-state index in [1.807, 2.05) is 85.1 Å². The van der Waals surface area contributed by atoms with Crippen LogP contribution in [0.1, 0.15) is 24.0 Å². The van der Waals surface area contributed by atoms with Crippen LogP contribution in [-0.4, -0.2) is 33.8 Å². The molecule has 0 bridgehead atoms. The van der Waals surface area contributed by atoms with Gasteiger partial charge in [-0.25, -0.2) is 4.79 Å². The topological polar surface area (TPSA) is 135 Å². The number of carboxylic acids is 1. The molecule has 0 saturated heterocycles. The number of aromatic nitrogens is 1. The Kier molecular flexibility index (Phi) is 16.2. The standard InChI is InChI=1S/C13H9N.C10H12O2.C9H11NO2.H3N.Pt/c1-2-6-11-10(5-1)9-14-13-8-4-3-7-12(11)13;11-10(12)8-4-7-9-5-2-1-3-6-9;11-9(12)10-7-6-8-4-2-1-3-5-8;;/h1-9H;1-3,5-6H,4,7-8H2,(H,11,12);1-5,10H,6-7H2,(H,11,12);1H3;. The monoisotopic (exact) mass is 720 g/mol. The minimum atomic E-state index is -0.967. The zero-order valence-corrected chi connectivity index (χ0v) is 24.5. The molecule has 1 aromatic heterocycles. The molecule has 0 fully saturated rings. The third kappa shape index (κ3) is 12.2. The van der Waals surface area contributed by atoms with E-state index in [9.17, 15) is 9.59 Å². The fourth-order valence-corrected chi connectivity index (χ4v) is 3.85. The quantitative estimate of drug-likeness (QED) is 0.132. The van der Waals surface area contributed by atoms with Gasteiger partial charge in [0.1, 0.15) is 0 Å². The molecule has 0 unspecified atom stereocenters. The summed E-state index contributed by atoms with van der Waals surface area (Å²) in [7, 11) is 0. The van der Waals surface area contributed by atoms with Crippen molar-refractivity contribution in [1.82, 2.24) is 16.5 Å². The first-order valence-electron chi connectivity index (χ1n) is 12.5.